The van der Waals surface area contributed by atoms with Gasteiger partial charge < -0.3 is 5.73 Å². The first kappa shape index (κ1) is 15.6. The molecule has 7 heteroatoms. The fourth-order valence-electron chi connectivity index (χ4n) is 1.56. The smallest absolute Gasteiger partial charge is 0.282 e. The van der Waals surface area contributed by atoms with Crippen molar-refractivity contribution in [2.75, 3.05) is 27.2 Å². The van der Waals surface area contributed by atoms with Crippen LogP contribution in [-0.2, 0) is 10.2 Å². The van der Waals surface area contributed by atoms with Crippen molar-refractivity contribution in [1.82, 2.24) is 8.61 Å². The average Bonchev–Trinajstić information content (AvgIpc) is 2.87. The maximum Gasteiger partial charge on any atom is 0.282 e. The summed E-state index contributed by atoms with van der Waals surface area (Å²) in [5, 5.41) is 1.95. The Labute approximate surface area is 113 Å². The number of thiophene rings is 1. The van der Waals surface area contributed by atoms with Gasteiger partial charge in [-0.15, -0.1) is 11.3 Å². The third kappa shape index (κ3) is 3.52. The van der Waals surface area contributed by atoms with E-state index in [2.05, 4.69) is 0 Å². The van der Waals surface area contributed by atoms with Gasteiger partial charge in [-0.2, -0.15) is 17.0 Å². The van der Waals surface area contributed by atoms with Crippen LogP contribution in [0, 0.1) is 0 Å². The molecule has 1 aromatic rings. The molecule has 0 aliphatic carbocycles. The number of rotatable bonds is 7. The summed E-state index contributed by atoms with van der Waals surface area (Å²) < 4.78 is 27.3. The highest BCUT2D eigenvalue weighted by Gasteiger charge is 2.28. The summed E-state index contributed by atoms with van der Waals surface area (Å²) in [6, 6.07) is 3.71. The van der Waals surface area contributed by atoms with Gasteiger partial charge in [0.05, 0.1) is 6.04 Å². The van der Waals surface area contributed by atoms with E-state index in [9.17, 15) is 8.42 Å². The van der Waals surface area contributed by atoms with E-state index in [1.165, 1.54) is 8.61 Å². The third-order valence-corrected chi connectivity index (χ3v) is 5.99. The number of hydrogen-bond donors (Lipinski definition) is 1. The van der Waals surface area contributed by atoms with E-state index in [1.54, 1.807) is 25.4 Å². The van der Waals surface area contributed by atoms with E-state index in [0.717, 1.165) is 4.88 Å². The molecular formula is C11H21N3O2S2. The second-order valence-corrected chi connectivity index (χ2v) is 7.25. The summed E-state index contributed by atoms with van der Waals surface area (Å²) >= 11 is 1.56. The lowest BCUT2D eigenvalue weighted by atomic mass is 10.3. The van der Waals surface area contributed by atoms with Crippen LogP contribution in [0.2, 0.25) is 0 Å². The zero-order valence-corrected chi connectivity index (χ0v) is 12.7. The topological polar surface area (TPSA) is 66.6 Å². The Bertz CT molecular complexity index is 445. The van der Waals surface area contributed by atoms with Crippen molar-refractivity contribution < 1.29 is 8.42 Å². The van der Waals surface area contributed by atoms with Crippen LogP contribution in [0.25, 0.3) is 0 Å². The summed E-state index contributed by atoms with van der Waals surface area (Å²) in [6.07, 6.45) is 0.664. The highest BCUT2D eigenvalue weighted by Crippen LogP contribution is 2.26. The van der Waals surface area contributed by atoms with Gasteiger partial charge in [0, 0.05) is 25.5 Å². The molecular weight excluding hydrogens is 270 g/mol. The van der Waals surface area contributed by atoms with E-state index in [0.29, 0.717) is 19.5 Å². The van der Waals surface area contributed by atoms with E-state index >= 15 is 0 Å². The predicted molar refractivity (Wildman–Crippen MR) is 75.7 cm³/mol. The molecule has 104 valence electrons. The van der Waals surface area contributed by atoms with Gasteiger partial charge in [0.1, 0.15) is 0 Å². The Morgan fingerprint density at radius 2 is 2.11 bits per heavy atom. The van der Waals surface area contributed by atoms with Gasteiger partial charge in [-0.1, -0.05) is 6.07 Å². The second kappa shape index (κ2) is 6.63. The zero-order chi connectivity index (χ0) is 13.8. The fourth-order valence-corrected chi connectivity index (χ4v) is 3.76. The molecule has 1 rings (SSSR count). The molecule has 2 N–H and O–H groups in total. The summed E-state index contributed by atoms with van der Waals surface area (Å²) in [5.41, 5.74) is 5.40. The molecule has 0 aliphatic rings. The molecule has 1 atom stereocenters. The number of hydrogen-bond acceptors (Lipinski definition) is 4. The molecule has 0 radical (unpaired) electrons. The molecule has 0 fully saturated rings. The minimum atomic E-state index is -3.42. The van der Waals surface area contributed by atoms with Crippen molar-refractivity contribution in [1.29, 1.82) is 0 Å². The summed E-state index contributed by atoms with van der Waals surface area (Å²) in [4.78, 5) is 1.04. The second-order valence-electron chi connectivity index (χ2n) is 4.18. The molecule has 1 unspecified atom stereocenters. The van der Waals surface area contributed by atoms with E-state index in [1.807, 2.05) is 24.4 Å². The Hall–Kier alpha value is -0.470. The average molecular weight is 291 g/mol. The first-order valence-electron chi connectivity index (χ1n) is 5.84. The summed E-state index contributed by atoms with van der Waals surface area (Å²) in [5.74, 6) is 0. The Kier molecular flexibility index (Phi) is 5.74. The monoisotopic (exact) mass is 291 g/mol. The number of nitrogens with two attached hydrogens (primary N) is 1. The molecule has 0 saturated carbocycles. The maximum absolute atomic E-state index is 12.3. The van der Waals surface area contributed by atoms with E-state index in [4.69, 9.17) is 5.73 Å². The normalized spacial score (nSPS) is 14.3. The van der Waals surface area contributed by atoms with Gasteiger partial charge in [-0.3, -0.25) is 0 Å². The molecule has 1 heterocycles. The molecule has 5 nitrogen and oxygen atoms in total. The standard InChI is InChI=1S/C11H21N3O2S2/c1-10(11-6-4-9-17-11)14(3)18(15,16)13(2)8-5-7-12/h4,6,9-10H,5,7-8,12H2,1-3H3. The van der Waals surface area contributed by atoms with Crippen molar-refractivity contribution >= 4 is 21.5 Å². The van der Waals surface area contributed by atoms with Crippen LogP contribution in [0.15, 0.2) is 17.5 Å². The van der Waals surface area contributed by atoms with Gasteiger partial charge >= 0.3 is 0 Å². The zero-order valence-electron chi connectivity index (χ0n) is 11.0. The van der Waals surface area contributed by atoms with Crippen LogP contribution in [0.3, 0.4) is 0 Å². The van der Waals surface area contributed by atoms with Gasteiger partial charge in [-0.05, 0) is 31.3 Å². The Morgan fingerprint density at radius 3 is 2.61 bits per heavy atom. The minimum absolute atomic E-state index is 0.157. The Balaban J connectivity index is 2.78. The first-order valence-corrected chi connectivity index (χ1v) is 8.11. The molecule has 0 aliphatic heterocycles. The molecule has 0 spiro atoms. The molecule has 18 heavy (non-hydrogen) atoms. The van der Waals surface area contributed by atoms with Gasteiger partial charge in [0.15, 0.2) is 0 Å². The van der Waals surface area contributed by atoms with Crippen molar-refractivity contribution in [2.24, 2.45) is 5.73 Å². The van der Waals surface area contributed by atoms with Crippen LogP contribution < -0.4 is 5.73 Å². The largest absolute Gasteiger partial charge is 0.330 e. The number of nitrogens with zero attached hydrogens (tertiary/aromatic N) is 2. The predicted octanol–water partition coefficient (Wildman–Crippen LogP) is 1.27. The lowest BCUT2D eigenvalue weighted by molar-refractivity contribution is 0.351. The lowest BCUT2D eigenvalue weighted by Crippen LogP contribution is -2.41. The van der Waals surface area contributed by atoms with Crippen molar-refractivity contribution in [3.63, 3.8) is 0 Å². The molecule has 0 saturated heterocycles. The molecule has 1 aromatic heterocycles. The molecule has 0 aromatic carbocycles. The SMILES string of the molecule is CC(c1cccs1)N(C)S(=O)(=O)N(C)CCCN. The lowest BCUT2D eigenvalue weighted by Gasteiger charge is -2.28. The summed E-state index contributed by atoms with van der Waals surface area (Å²) in [7, 11) is -0.223. The van der Waals surface area contributed by atoms with Crippen LogP contribution in [0.5, 0.6) is 0 Å². The molecule has 0 amide bonds. The van der Waals surface area contributed by atoms with Crippen LogP contribution >= 0.6 is 11.3 Å². The van der Waals surface area contributed by atoms with Gasteiger partial charge in [0.25, 0.3) is 10.2 Å². The fraction of sp³-hybridized carbons (Fsp3) is 0.636. The first-order chi connectivity index (χ1) is 8.41. The van der Waals surface area contributed by atoms with E-state index < -0.39 is 10.2 Å². The highest BCUT2D eigenvalue weighted by molar-refractivity contribution is 7.86. The van der Waals surface area contributed by atoms with Crippen LogP contribution in [0.4, 0.5) is 0 Å². The third-order valence-electron chi connectivity index (χ3n) is 2.94. The quantitative estimate of drug-likeness (QED) is 0.822. The van der Waals surface area contributed by atoms with Crippen molar-refractivity contribution in [3.8, 4) is 0 Å². The van der Waals surface area contributed by atoms with Crippen molar-refractivity contribution in [3.05, 3.63) is 22.4 Å². The van der Waals surface area contributed by atoms with Gasteiger partial charge in [0.2, 0.25) is 0 Å². The van der Waals surface area contributed by atoms with E-state index in [-0.39, 0.29) is 6.04 Å². The Morgan fingerprint density at radius 1 is 1.44 bits per heavy atom. The highest BCUT2D eigenvalue weighted by atomic mass is 32.2. The van der Waals surface area contributed by atoms with Gasteiger partial charge in [-0.25, -0.2) is 0 Å². The maximum atomic E-state index is 12.3. The molecule has 0 bridgehead atoms. The summed E-state index contributed by atoms with van der Waals surface area (Å²) in [6.45, 7) is 2.82. The van der Waals surface area contributed by atoms with Crippen LogP contribution in [0.1, 0.15) is 24.3 Å². The minimum Gasteiger partial charge on any atom is -0.330 e. The van der Waals surface area contributed by atoms with Crippen LogP contribution in [-0.4, -0.2) is 44.2 Å². The van der Waals surface area contributed by atoms with Crippen molar-refractivity contribution in [2.45, 2.75) is 19.4 Å².